The average Bonchev–Trinajstić information content (AvgIpc) is 4.08. The average molecular weight is 989 g/mol. The summed E-state index contributed by atoms with van der Waals surface area (Å²) in [6, 6.07) is -3.09. The summed E-state index contributed by atoms with van der Waals surface area (Å²) >= 11 is 0. The van der Waals surface area contributed by atoms with Gasteiger partial charge in [-0.3, -0.25) is 43.3 Å². The normalized spacial score (nSPS) is 21.7. The molecule has 1 aromatic carbocycles. The number of rotatable bonds is 19. The largest absolute Gasteiger partial charge is 0.480 e. The number of carbonyl (C=O) groups excluding carboxylic acids is 8. The first-order chi connectivity index (χ1) is 33.6. The Morgan fingerprint density at radius 3 is 2.23 bits per heavy atom. The van der Waals surface area contributed by atoms with E-state index in [0.29, 0.717) is 27.7 Å². The van der Waals surface area contributed by atoms with E-state index < -0.39 is 108 Å². The highest BCUT2D eigenvalue weighted by Gasteiger charge is 2.40. The molecule has 0 saturated carbocycles. The van der Waals surface area contributed by atoms with Crippen LogP contribution in [0.25, 0.3) is 10.9 Å². The summed E-state index contributed by atoms with van der Waals surface area (Å²) in [6.07, 6.45) is 4.90. The van der Waals surface area contributed by atoms with Crippen LogP contribution in [-0.2, 0) is 56.0 Å². The Balaban J connectivity index is 1.50. The van der Waals surface area contributed by atoms with Crippen molar-refractivity contribution in [2.75, 3.05) is 13.1 Å². The monoisotopic (exact) mass is 989 g/mol. The lowest BCUT2D eigenvalue weighted by molar-refractivity contribution is -0.141. The van der Waals surface area contributed by atoms with Gasteiger partial charge in [-0.2, -0.15) is 0 Å². The number of benzene rings is 1. The molecule has 0 aliphatic carbocycles. The van der Waals surface area contributed by atoms with Gasteiger partial charge in [-0.1, -0.05) is 53.7 Å². The summed E-state index contributed by atoms with van der Waals surface area (Å²) in [5.74, 6) is -8.44. The van der Waals surface area contributed by atoms with E-state index in [1.807, 2.05) is 33.8 Å². The zero-order valence-corrected chi connectivity index (χ0v) is 40.8. The third kappa shape index (κ3) is 15.2. The van der Waals surface area contributed by atoms with E-state index in [0.717, 1.165) is 0 Å². The molecule has 3 aromatic rings. The molecule has 0 radical (unpaired) electrons. The lowest BCUT2D eigenvalue weighted by Gasteiger charge is -2.33. The molecule has 0 spiro atoms. The number of guanidine groups is 1. The molecule has 0 unspecified atom stereocenters. The van der Waals surface area contributed by atoms with E-state index in [4.69, 9.17) is 11.5 Å². The van der Waals surface area contributed by atoms with Crippen molar-refractivity contribution < 1.29 is 48.3 Å². The Morgan fingerprint density at radius 1 is 0.859 bits per heavy atom. The summed E-state index contributed by atoms with van der Waals surface area (Å²) in [6.45, 7) is 10.3. The minimum Gasteiger partial charge on any atom is -0.480 e. The molecule has 8 amide bonds. The van der Waals surface area contributed by atoms with Crippen LogP contribution in [0.4, 0.5) is 0 Å². The molecule has 3 aliphatic heterocycles. The first-order valence-electron chi connectivity index (χ1n) is 23.8. The molecule has 4 bridgehead atoms. The van der Waals surface area contributed by atoms with E-state index in [2.05, 4.69) is 62.5 Å². The Morgan fingerprint density at radius 2 is 1.61 bits per heavy atom. The number of nitrogens with zero attached hydrogens (tertiary/aromatic N) is 2. The highest BCUT2D eigenvalue weighted by Crippen LogP contribution is 2.32. The quantitative estimate of drug-likeness (QED) is 0.0284. The van der Waals surface area contributed by atoms with Crippen molar-refractivity contribution in [2.45, 2.75) is 135 Å². The second-order valence-electron chi connectivity index (χ2n) is 19.2. The van der Waals surface area contributed by atoms with Gasteiger partial charge >= 0.3 is 5.97 Å². The van der Waals surface area contributed by atoms with Gasteiger partial charge in [0.15, 0.2) is 5.96 Å². The fraction of sp³-hybridized carbons (Fsp3) is 0.553. The van der Waals surface area contributed by atoms with Gasteiger partial charge in [-0.25, -0.2) is 9.78 Å². The molecular weight excluding hydrogens is 921 g/mol. The Hall–Kier alpha value is -7.53. The third-order valence-electron chi connectivity index (χ3n) is 12.4. The Labute approximate surface area is 410 Å². The number of carboxylic acid groups (broad SMARTS) is 1. The fourth-order valence-corrected chi connectivity index (χ4v) is 8.77. The lowest BCUT2D eigenvalue weighted by atomic mass is 9.81. The highest BCUT2D eigenvalue weighted by molar-refractivity contribution is 5.99. The number of nitrogens with two attached hydrogens (primary N) is 2. The number of aromatic amines is 2. The molecule has 24 heteroatoms. The van der Waals surface area contributed by atoms with Crippen LogP contribution in [0.5, 0.6) is 0 Å². The Bertz CT molecular complexity index is 2450. The predicted octanol–water partition coefficient (Wildman–Crippen LogP) is -1.43. The fourth-order valence-electron chi connectivity index (χ4n) is 8.77. The second kappa shape index (κ2) is 24.8. The number of aromatic nitrogens is 3. The molecule has 15 N–H and O–H groups in total. The van der Waals surface area contributed by atoms with Crippen molar-refractivity contribution in [3.8, 4) is 0 Å². The number of fused-ring (bicyclic) bond motifs is 12. The lowest BCUT2D eigenvalue weighted by Crippen LogP contribution is -2.61. The molecule has 8 atom stereocenters. The third-order valence-corrected chi connectivity index (χ3v) is 12.4. The second-order valence-corrected chi connectivity index (χ2v) is 19.2. The summed E-state index contributed by atoms with van der Waals surface area (Å²) in [5.41, 5.74) is 13.3. The van der Waals surface area contributed by atoms with Crippen molar-refractivity contribution in [3.05, 3.63) is 53.7 Å². The zero-order valence-electron chi connectivity index (χ0n) is 40.8. The van der Waals surface area contributed by atoms with Crippen LogP contribution >= 0.6 is 0 Å². The van der Waals surface area contributed by atoms with Crippen molar-refractivity contribution >= 4 is 70.1 Å². The van der Waals surface area contributed by atoms with Crippen molar-refractivity contribution in [2.24, 2.45) is 34.2 Å². The van der Waals surface area contributed by atoms with E-state index in [-0.39, 0.29) is 75.2 Å². The first kappa shape index (κ1) is 54.4. The van der Waals surface area contributed by atoms with E-state index in [9.17, 15) is 48.3 Å². The molecule has 3 aliphatic rings. The number of hydrogen-bond acceptors (Lipinski definition) is 11. The summed E-state index contributed by atoms with van der Waals surface area (Å²) in [4.78, 5) is 136. The Kier molecular flexibility index (Phi) is 19.0. The molecular formula is C47H68N14O10. The van der Waals surface area contributed by atoms with Crippen molar-refractivity contribution in [3.63, 3.8) is 0 Å². The number of hydrogen-bond donors (Lipinski definition) is 13. The number of carboxylic acids is 1. The minimum absolute atomic E-state index is 0.0362. The van der Waals surface area contributed by atoms with Crippen LogP contribution in [0.2, 0.25) is 0 Å². The van der Waals surface area contributed by atoms with E-state index in [1.54, 1.807) is 32.2 Å². The SMILES string of the molecule is CC(C)C[C@@H]1NC(=O)[C@@H](NC(=O)[C@H]2CCC(=O)N2)[C@H](C(C)C)c2ccc3c(c[nH]c3c2)C[C@@H](C(=O)N[C@@H](CCCN=C(N)N)C(=O)NCC(=O)N[C@H](Cc2cnc[nH]2)C(=O)O)NC(=O)[C@H](C(C)C)NC1=O. The van der Waals surface area contributed by atoms with Gasteiger partial charge in [-0.05, 0) is 60.6 Å². The molecule has 2 aromatic heterocycles. The van der Waals surface area contributed by atoms with Gasteiger partial charge in [0.1, 0.15) is 42.3 Å². The summed E-state index contributed by atoms with van der Waals surface area (Å²) in [7, 11) is 0. The smallest absolute Gasteiger partial charge is 0.326 e. The van der Waals surface area contributed by atoms with Gasteiger partial charge in [-0.15, -0.1) is 0 Å². The number of aliphatic carboxylic acids is 1. The molecule has 5 heterocycles. The molecule has 1 fully saturated rings. The summed E-state index contributed by atoms with van der Waals surface area (Å²) < 4.78 is 0. The van der Waals surface area contributed by atoms with Gasteiger partial charge < -0.3 is 69.1 Å². The topological polar surface area (TPSA) is 379 Å². The van der Waals surface area contributed by atoms with Gasteiger partial charge in [0, 0.05) is 60.7 Å². The molecule has 1 saturated heterocycles. The number of imidazole rings is 1. The van der Waals surface area contributed by atoms with E-state index >= 15 is 0 Å². The number of nitrogens with one attached hydrogen (secondary N) is 10. The maximum atomic E-state index is 14.6. The predicted molar refractivity (Wildman–Crippen MR) is 259 cm³/mol. The van der Waals surface area contributed by atoms with Crippen LogP contribution in [0.15, 0.2) is 41.9 Å². The molecule has 6 rings (SSSR count). The zero-order chi connectivity index (χ0) is 52.1. The van der Waals surface area contributed by atoms with Crippen LogP contribution in [0.1, 0.15) is 96.4 Å². The van der Waals surface area contributed by atoms with Gasteiger partial charge in [0.2, 0.25) is 47.3 Å². The molecule has 386 valence electrons. The standard InChI is InChI=1S/C47H68N14O10/c1-22(2)14-32-43(67)60-38(24(5)6)44(68)59-33(42(66)57-29(8-7-13-51-47(48)49)40(64)53-20-36(63)56-34(46(70)71)17-27-19-50-21-54-27)16-26-18-52-31-15-25(9-10-28(26)31)37(23(3)4)39(45(69)58-32)61-41(65)30-11-12-35(62)55-30/h9-10,15,18-19,21-24,29-30,32-34,37-39,52H,7-8,11-14,16-17,20H2,1-6H3,(H,50,54)(H,53,64)(H,55,62)(H,56,63)(H,57,66)(H,58,69)(H,59,68)(H,60,67)(H,61,65)(H,70,71)(H4,48,49,51)/t29-,30+,32-,33-,34+,37+,38-,39-/m0/s1. The van der Waals surface area contributed by atoms with Crippen molar-refractivity contribution in [1.82, 2.24) is 57.5 Å². The van der Waals surface area contributed by atoms with Gasteiger partial charge in [0.25, 0.3) is 0 Å². The van der Waals surface area contributed by atoms with Crippen LogP contribution in [0, 0.1) is 17.8 Å². The number of aliphatic imine (C=N–C) groups is 1. The molecule has 24 nitrogen and oxygen atoms in total. The highest BCUT2D eigenvalue weighted by atomic mass is 16.4. The number of carbonyl (C=O) groups is 9. The number of H-pyrrole nitrogens is 2. The number of amides is 8. The van der Waals surface area contributed by atoms with E-state index in [1.165, 1.54) is 12.5 Å². The van der Waals surface area contributed by atoms with Crippen LogP contribution < -0.4 is 54.0 Å². The van der Waals surface area contributed by atoms with Crippen LogP contribution in [0.3, 0.4) is 0 Å². The van der Waals surface area contributed by atoms with Gasteiger partial charge in [0.05, 0.1) is 12.9 Å². The van der Waals surface area contributed by atoms with Crippen molar-refractivity contribution in [1.29, 1.82) is 0 Å². The summed E-state index contributed by atoms with van der Waals surface area (Å²) in [5, 5.41) is 31.9. The maximum absolute atomic E-state index is 14.6. The van der Waals surface area contributed by atoms with Crippen LogP contribution in [-0.4, -0.2) is 135 Å². The minimum atomic E-state index is -1.37. The first-order valence-corrected chi connectivity index (χ1v) is 23.8. The maximum Gasteiger partial charge on any atom is 0.326 e. The molecule has 71 heavy (non-hydrogen) atoms.